The number of nitriles is 1. The Morgan fingerprint density at radius 1 is 1.45 bits per heavy atom. The first kappa shape index (κ1) is 14.3. The summed E-state index contributed by atoms with van der Waals surface area (Å²) in [6.07, 6.45) is 1.73. The van der Waals surface area contributed by atoms with E-state index in [-0.39, 0.29) is 11.1 Å². The van der Waals surface area contributed by atoms with Crippen LogP contribution < -0.4 is 0 Å². The molecule has 1 aromatic heterocycles. The molecule has 0 fully saturated rings. The fraction of sp³-hybridized carbons (Fsp3) is 0.214. The maximum absolute atomic E-state index is 13.0. The van der Waals surface area contributed by atoms with Crippen LogP contribution in [-0.2, 0) is 6.54 Å². The van der Waals surface area contributed by atoms with E-state index in [1.807, 2.05) is 4.57 Å². The van der Waals surface area contributed by atoms with Gasteiger partial charge in [0.2, 0.25) is 0 Å². The largest absolute Gasteiger partial charge is 0.298 e. The number of benzene rings is 1. The zero-order chi connectivity index (χ0) is 14.5. The molecule has 0 aliphatic carbocycles. The SMILES string of the molecule is C=CCn1c(S[C@H](C)C#N)nnc1-c1ccc(F)cc1. The Kier molecular flexibility index (Phi) is 4.53. The second-order valence-corrected chi connectivity index (χ2v) is 5.41. The number of rotatable bonds is 5. The zero-order valence-corrected chi connectivity index (χ0v) is 11.8. The molecule has 20 heavy (non-hydrogen) atoms. The highest BCUT2D eigenvalue weighted by Crippen LogP contribution is 2.26. The number of hydrogen-bond acceptors (Lipinski definition) is 4. The van der Waals surface area contributed by atoms with Crippen molar-refractivity contribution in [1.29, 1.82) is 5.26 Å². The molecule has 1 atom stereocenters. The Bertz CT molecular complexity index is 642. The quantitative estimate of drug-likeness (QED) is 0.626. The van der Waals surface area contributed by atoms with Gasteiger partial charge in [-0.05, 0) is 31.2 Å². The molecule has 0 spiro atoms. The van der Waals surface area contributed by atoms with Gasteiger partial charge in [-0.2, -0.15) is 5.26 Å². The van der Waals surface area contributed by atoms with E-state index in [0.717, 1.165) is 5.56 Å². The molecule has 0 amide bonds. The van der Waals surface area contributed by atoms with Crippen LogP contribution in [0.1, 0.15) is 6.92 Å². The highest BCUT2D eigenvalue weighted by molar-refractivity contribution is 8.00. The number of allylic oxidation sites excluding steroid dienone is 1. The predicted molar refractivity (Wildman–Crippen MR) is 76.5 cm³/mol. The van der Waals surface area contributed by atoms with E-state index in [1.54, 1.807) is 25.1 Å². The Labute approximate surface area is 120 Å². The molecule has 0 unspecified atom stereocenters. The summed E-state index contributed by atoms with van der Waals surface area (Å²) >= 11 is 1.34. The molecule has 0 saturated carbocycles. The van der Waals surface area contributed by atoms with Gasteiger partial charge in [-0.15, -0.1) is 16.8 Å². The zero-order valence-electron chi connectivity index (χ0n) is 11.0. The van der Waals surface area contributed by atoms with E-state index < -0.39 is 0 Å². The van der Waals surface area contributed by atoms with Crippen LogP contribution in [0, 0.1) is 17.1 Å². The number of hydrogen-bond donors (Lipinski definition) is 0. The summed E-state index contributed by atoms with van der Waals surface area (Å²) in [4.78, 5) is 0. The molecule has 0 radical (unpaired) electrons. The van der Waals surface area contributed by atoms with E-state index in [2.05, 4.69) is 22.8 Å². The van der Waals surface area contributed by atoms with Crippen molar-refractivity contribution in [1.82, 2.24) is 14.8 Å². The summed E-state index contributed by atoms with van der Waals surface area (Å²) in [6, 6.07) is 8.22. The van der Waals surface area contributed by atoms with Crippen LogP contribution in [0.2, 0.25) is 0 Å². The summed E-state index contributed by atoms with van der Waals surface area (Å²) in [5.74, 6) is 0.341. The summed E-state index contributed by atoms with van der Waals surface area (Å²) in [6.45, 7) is 6.04. The summed E-state index contributed by atoms with van der Waals surface area (Å²) in [5.41, 5.74) is 0.775. The molecule has 102 valence electrons. The van der Waals surface area contributed by atoms with Crippen molar-refractivity contribution >= 4 is 11.8 Å². The molecule has 4 nitrogen and oxygen atoms in total. The maximum Gasteiger partial charge on any atom is 0.193 e. The first-order valence-electron chi connectivity index (χ1n) is 6.02. The van der Waals surface area contributed by atoms with Crippen molar-refractivity contribution in [3.8, 4) is 17.5 Å². The summed E-state index contributed by atoms with van der Waals surface area (Å²) < 4.78 is 14.8. The first-order valence-corrected chi connectivity index (χ1v) is 6.90. The Morgan fingerprint density at radius 2 is 2.15 bits per heavy atom. The molecule has 0 saturated heterocycles. The second kappa shape index (κ2) is 6.35. The number of halogens is 1. The molecule has 6 heteroatoms. The van der Waals surface area contributed by atoms with Crippen LogP contribution in [0.4, 0.5) is 4.39 Å². The Morgan fingerprint density at radius 3 is 2.75 bits per heavy atom. The van der Waals surface area contributed by atoms with Gasteiger partial charge >= 0.3 is 0 Å². The lowest BCUT2D eigenvalue weighted by Crippen LogP contribution is -2.02. The molecule has 2 rings (SSSR count). The molecular weight excluding hydrogens is 275 g/mol. The van der Waals surface area contributed by atoms with Gasteiger partial charge in [-0.1, -0.05) is 17.8 Å². The lowest BCUT2D eigenvalue weighted by molar-refractivity contribution is 0.628. The predicted octanol–water partition coefficient (Wildman–Crippen LogP) is 3.27. The number of aromatic nitrogens is 3. The lowest BCUT2D eigenvalue weighted by atomic mass is 10.2. The third kappa shape index (κ3) is 3.06. The molecule has 0 aliphatic rings. The molecule has 0 N–H and O–H groups in total. The van der Waals surface area contributed by atoms with Crippen molar-refractivity contribution < 1.29 is 4.39 Å². The topological polar surface area (TPSA) is 54.5 Å². The van der Waals surface area contributed by atoms with Crippen molar-refractivity contribution in [2.45, 2.75) is 23.9 Å². The molecule has 2 aromatic rings. The molecule has 1 heterocycles. The van der Waals surface area contributed by atoms with Crippen LogP contribution in [0.3, 0.4) is 0 Å². The summed E-state index contributed by atoms with van der Waals surface area (Å²) in [7, 11) is 0. The lowest BCUT2D eigenvalue weighted by Gasteiger charge is -2.08. The highest BCUT2D eigenvalue weighted by Gasteiger charge is 2.15. The standard InChI is InChI=1S/C14H13FN4S/c1-3-8-19-13(11-4-6-12(15)7-5-11)17-18-14(19)20-10(2)9-16/h3-7,10H,1,8H2,2H3/t10-/m1/s1. The van der Waals surface area contributed by atoms with Crippen molar-refractivity contribution in [3.05, 3.63) is 42.7 Å². The number of nitrogens with zero attached hydrogens (tertiary/aromatic N) is 4. The minimum Gasteiger partial charge on any atom is -0.298 e. The molecular formula is C14H13FN4S. The molecule has 1 aromatic carbocycles. The van der Waals surface area contributed by atoms with Gasteiger partial charge in [0.05, 0.1) is 11.3 Å². The summed E-state index contributed by atoms with van der Waals surface area (Å²) in [5, 5.41) is 17.6. The van der Waals surface area contributed by atoms with Crippen molar-refractivity contribution in [3.63, 3.8) is 0 Å². The third-order valence-corrected chi connectivity index (χ3v) is 3.57. The van der Waals surface area contributed by atoms with E-state index in [1.165, 1.54) is 23.9 Å². The Hall–Kier alpha value is -2.13. The van der Waals surface area contributed by atoms with E-state index in [4.69, 9.17) is 5.26 Å². The normalized spacial score (nSPS) is 11.8. The van der Waals surface area contributed by atoms with Crippen LogP contribution in [0.25, 0.3) is 11.4 Å². The highest BCUT2D eigenvalue weighted by atomic mass is 32.2. The van der Waals surface area contributed by atoms with Crippen LogP contribution in [-0.4, -0.2) is 20.0 Å². The van der Waals surface area contributed by atoms with Gasteiger partial charge in [0.1, 0.15) is 5.82 Å². The molecule has 0 aliphatic heterocycles. The average molecular weight is 288 g/mol. The average Bonchev–Trinajstić information content (AvgIpc) is 2.83. The van der Waals surface area contributed by atoms with Gasteiger partial charge in [0.15, 0.2) is 11.0 Å². The van der Waals surface area contributed by atoms with Crippen LogP contribution in [0.15, 0.2) is 42.1 Å². The minimum absolute atomic E-state index is 0.219. The monoisotopic (exact) mass is 288 g/mol. The second-order valence-electron chi connectivity index (χ2n) is 4.10. The number of thioether (sulfide) groups is 1. The van der Waals surface area contributed by atoms with E-state index in [0.29, 0.717) is 17.5 Å². The van der Waals surface area contributed by atoms with Gasteiger partial charge in [0, 0.05) is 12.1 Å². The van der Waals surface area contributed by atoms with Gasteiger partial charge in [-0.3, -0.25) is 4.57 Å². The van der Waals surface area contributed by atoms with Crippen LogP contribution >= 0.6 is 11.8 Å². The first-order chi connectivity index (χ1) is 9.65. The smallest absolute Gasteiger partial charge is 0.193 e. The molecule has 0 bridgehead atoms. The van der Waals surface area contributed by atoms with E-state index in [9.17, 15) is 4.39 Å². The van der Waals surface area contributed by atoms with Gasteiger partial charge in [0.25, 0.3) is 0 Å². The van der Waals surface area contributed by atoms with Crippen LogP contribution in [0.5, 0.6) is 0 Å². The third-order valence-electron chi connectivity index (χ3n) is 2.59. The van der Waals surface area contributed by atoms with Gasteiger partial charge in [-0.25, -0.2) is 4.39 Å². The minimum atomic E-state index is -0.295. The van der Waals surface area contributed by atoms with Crippen molar-refractivity contribution in [2.24, 2.45) is 0 Å². The Balaban J connectivity index is 2.41. The fourth-order valence-corrected chi connectivity index (χ4v) is 2.41. The van der Waals surface area contributed by atoms with E-state index >= 15 is 0 Å². The maximum atomic E-state index is 13.0. The fourth-order valence-electron chi connectivity index (χ4n) is 1.67. The van der Waals surface area contributed by atoms with Crippen molar-refractivity contribution in [2.75, 3.05) is 0 Å². The van der Waals surface area contributed by atoms with Gasteiger partial charge < -0.3 is 0 Å².